The normalized spacial score (nSPS) is 15.4. The second-order valence-corrected chi connectivity index (χ2v) is 8.04. The Kier molecular flexibility index (Phi) is 10.1. The second kappa shape index (κ2) is 10.9. The van der Waals surface area contributed by atoms with E-state index in [0.29, 0.717) is 0 Å². The van der Waals surface area contributed by atoms with E-state index in [1.54, 1.807) is 0 Å². The van der Waals surface area contributed by atoms with Crippen molar-refractivity contribution in [3.8, 4) is 0 Å². The van der Waals surface area contributed by atoms with Crippen molar-refractivity contribution in [1.82, 2.24) is 0 Å². The van der Waals surface area contributed by atoms with Gasteiger partial charge in [-0.1, -0.05) is 13.2 Å². The molecular formula is C19H15F17O4. The summed E-state index contributed by atoms with van der Waals surface area (Å²) in [6.45, 7) is 5.78. The molecular weight excluding hydrogens is 615 g/mol. The molecule has 234 valence electrons. The summed E-state index contributed by atoms with van der Waals surface area (Å²) in [5, 5.41) is 0. The van der Waals surface area contributed by atoms with Crippen LogP contribution < -0.4 is 0 Å². The number of ether oxygens (including phenoxy) is 2. The van der Waals surface area contributed by atoms with E-state index in [1.165, 1.54) is 0 Å². The van der Waals surface area contributed by atoms with Crippen molar-refractivity contribution in [2.45, 2.75) is 74.0 Å². The largest absolute Gasteiger partial charge is 0.460 e. The second-order valence-electron chi connectivity index (χ2n) is 8.04. The molecule has 0 aromatic rings. The van der Waals surface area contributed by atoms with Crippen LogP contribution in [0.25, 0.3) is 0 Å². The van der Waals surface area contributed by atoms with Crippen LogP contribution in [0.3, 0.4) is 0 Å². The Hall–Kier alpha value is -2.77. The molecule has 0 saturated heterocycles. The summed E-state index contributed by atoms with van der Waals surface area (Å²) in [7, 11) is 0. The van der Waals surface area contributed by atoms with E-state index >= 15 is 0 Å². The zero-order valence-electron chi connectivity index (χ0n) is 19.5. The first-order chi connectivity index (χ1) is 17.3. The number of alkyl halides is 17. The van der Waals surface area contributed by atoms with E-state index in [9.17, 15) is 84.2 Å². The van der Waals surface area contributed by atoms with Crippen molar-refractivity contribution < 1.29 is 93.7 Å². The molecule has 1 atom stereocenters. The molecule has 0 rings (SSSR count). The van der Waals surface area contributed by atoms with Crippen LogP contribution >= 0.6 is 0 Å². The van der Waals surface area contributed by atoms with E-state index in [2.05, 4.69) is 22.6 Å². The summed E-state index contributed by atoms with van der Waals surface area (Å²) in [4.78, 5) is 22.9. The van der Waals surface area contributed by atoms with Gasteiger partial charge in [0.1, 0.15) is 12.7 Å². The molecule has 0 aromatic heterocycles. The Morgan fingerprint density at radius 3 is 1.23 bits per heavy atom. The summed E-state index contributed by atoms with van der Waals surface area (Å²) >= 11 is 0. The average Bonchev–Trinajstić information content (AvgIpc) is 2.74. The fourth-order valence-electron chi connectivity index (χ4n) is 2.29. The van der Waals surface area contributed by atoms with Crippen LogP contribution in [0.1, 0.15) is 20.3 Å². The minimum Gasteiger partial charge on any atom is -0.458 e. The lowest BCUT2D eigenvalue weighted by Crippen LogP contribution is -2.74. The van der Waals surface area contributed by atoms with Crippen molar-refractivity contribution >= 4 is 11.9 Å². The van der Waals surface area contributed by atoms with Gasteiger partial charge in [-0.15, -0.1) is 0 Å². The molecule has 0 N–H and O–H groups in total. The fraction of sp³-hybridized carbons (Fsp3) is 0.684. The maximum absolute atomic E-state index is 14.2. The molecule has 40 heavy (non-hydrogen) atoms. The number of carbonyl (C=O) groups excluding carboxylic acids is 2. The standard InChI is InChI=1S/C19H15F17O4/c1-7(2)10(37)39-6-9(40-11(38)8(3)4)5-12(20,21)13(22,23)14(24,25)15(26,27)16(28,29)17(30,31)18(32,33)19(34,35)36/h9H,1,3,5-6H2,2,4H3. The lowest BCUT2D eigenvalue weighted by Gasteiger charge is -2.43. The van der Waals surface area contributed by atoms with Crippen LogP contribution in [0, 0.1) is 0 Å². The zero-order valence-corrected chi connectivity index (χ0v) is 19.5. The predicted octanol–water partition coefficient (Wildman–Crippen LogP) is 6.99. The Balaban J connectivity index is 6.70. The third-order valence-electron chi connectivity index (χ3n) is 4.64. The van der Waals surface area contributed by atoms with Crippen LogP contribution in [0.5, 0.6) is 0 Å². The van der Waals surface area contributed by atoms with Gasteiger partial charge in [-0.05, 0) is 13.8 Å². The van der Waals surface area contributed by atoms with Gasteiger partial charge in [0.15, 0.2) is 0 Å². The Morgan fingerprint density at radius 2 is 0.900 bits per heavy atom. The molecule has 0 amide bonds. The van der Waals surface area contributed by atoms with Gasteiger partial charge >= 0.3 is 59.6 Å². The predicted molar refractivity (Wildman–Crippen MR) is 95.8 cm³/mol. The summed E-state index contributed by atoms with van der Waals surface area (Å²) < 4.78 is 236. The van der Waals surface area contributed by atoms with Gasteiger partial charge in [-0.3, -0.25) is 0 Å². The first kappa shape index (κ1) is 37.2. The molecule has 0 aliphatic heterocycles. The van der Waals surface area contributed by atoms with E-state index in [-0.39, 0.29) is 0 Å². The zero-order chi connectivity index (χ0) is 32.7. The number of hydrogen-bond donors (Lipinski definition) is 0. The van der Waals surface area contributed by atoms with Gasteiger partial charge in [0.25, 0.3) is 0 Å². The van der Waals surface area contributed by atoms with E-state index in [1.807, 2.05) is 0 Å². The molecule has 0 aromatic carbocycles. The lowest BCUT2D eigenvalue weighted by molar-refractivity contribution is -0.462. The highest BCUT2D eigenvalue weighted by atomic mass is 19.4. The van der Waals surface area contributed by atoms with Gasteiger partial charge in [0, 0.05) is 11.1 Å². The van der Waals surface area contributed by atoms with Crippen molar-refractivity contribution in [2.24, 2.45) is 0 Å². The summed E-state index contributed by atoms with van der Waals surface area (Å²) in [6, 6.07) is 0. The number of halogens is 17. The molecule has 0 radical (unpaired) electrons. The van der Waals surface area contributed by atoms with Crippen LogP contribution in [-0.2, 0) is 19.1 Å². The third kappa shape index (κ3) is 6.10. The van der Waals surface area contributed by atoms with Gasteiger partial charge < -0.3 is 9.47 Å². The number of carbonyl (C=O) groups is 2. The highest BCUT2D eigenvalue weighted by molar-refractivity contribution is 5.87. The topological polar surface area (TPSA) is 52.6 Å². The minimum atomic E-state index is -8.77. The van der Waals surface area contributed by atoms with Gasteiger partial charge in [-0.2, -0.15) is 74.6 Å². The number of hydrogen-bond acceptors (Lipinski definition) is 4. The summed E-state index contributed by atoms with van der Waals surface area (Å²) in [5.74, 6) is -61.1. The fourth-order valence-corrected chi connectivity index (χ4v) is 2.29. The monoisotopic (exact) mass is 630 g/mol. The molecule has 0 heterocycles. The van der Waals surface area contributed by atoms with Gasteiger partial charge in [-0.25, -0.2) is 9.59 Å². The summed E-state index contributed by atoms with van der Waals surface area (Å²) in [5.41, 5.74) is -1.26. The smallest absolute Gasteiger partial charge is 0.458 e. The molecule has 0 bridgehead atoms. The van der Waals surface area contributed by atoms with Crippen LogP contribution in [0.2, 0.25) is 0 Å². The molecule has 4 nitrogen and oxygen atoms in total. The average molecular weight is 630 g/mol. The first-order valence-electron chi connectivity index (χ1n) is 9.68. The minimum absolute atomic E-state index is 0.535. The summed E-state index contributed by atoms with van der Waals surface area (Å²) in [6.07, 6.45) is -14.0. The maximum Gasteiger partial charge on any atom is 0.460 e. The van der Waals surface area contributed by atoms with Crippen LogP contribution in [0.15, 0.2) is 24.3 Å². The molecule has 0 fully saturated rings. The SMILES string of the molecule is C=C(C)C(=O)OCC(CC(F)(F)C(F)(F)C(F)(F)C(F)(F)C(F)(F)C(F)(F)C(F)(F)C(F)(F)F)OC(=O)C(=C)C. The molecule has 21 heteroatoms. The Bertz CT molecular complexity index is 997. The van der Waals surface area contributed by atoms with Crippen LogP contribution in [0.4, 0.5) is 74.6 Å². The molecule has 0 saturated carbocycles. The maximum atomic E-state index is 14.2. The van der Waals surface area contributed by atoms with E-state index in [4.69, 9.17) is 0 Å². The van der Waals surface area contributed by atoms with Crippen molar-refractivity contribution in [1.29, 1.82) is 0 Å². The Labute approximate surface area is 211 Å². The quantitative estimate of drug-likeness (QED) is 0.125. The van der Waals surface area contributed by atoms with Gasteiger partial charge in [0.2, 0.25) is 0 Å². The highest BCUT2D eigenvalue weighted by Crippen LogP contribution is 2.64. The van der Waals surface area contributed by atoms with E-state index in [0.717, 1.165) is 13.8 Å². The van der Waals surface area contributed by atoms with Gasteiger partial charge in [0.05, 0.1) is 6.42 Å². The Morgan fingerprint density at radius 1 is 0.575 bits per heavy atom. The van der Waals surface area contributed by atoms with Crippen molar-refractivity contribution in [3.63, 3.8) is 0 Å². The highest BCUT2D eigenvalue weighted by Gasteiger charge is 2.95. The molecule has 0 spiro atoms. The van der Waals surface area contributed by atoms with Crippen molar-refractivity contribution in [2.75, 3.05) is 6.61 Å². The molecule has 1 unspecified atom stereocenters. The molecule has 0 aliphatic rings. The number of rotatable bonds is 13. The van der Waals surface area contributed by atoms with E-state index < -0.39 is 89.9 Å². The van der Waals surface area contributed by atoms with Crippen LogP contribution in [-0.4, -0.2) is 72.3 Å². The molecule has 0 aliphatic carbocycles. The number of esters is 2. The first-order valence-corrected chi connectivity index (χ1v) is 9.68. The van der Waals surface area contributed by atoms with Crippen molar-refractivity contribution in [3.05, 3.63) is 24.3 Å². The third-order valence-corrected chi connectivity index (χ3v) is 4.64. The lowest BCUT2D eigenvalue weighted by atomic mass is 9.87.